The Balaban J connectivity index is 2.46. The van der Waals surface area contributed by atoms with Gasteiger partial charge in [-0.15, -0.1) is 0 Å². The number of nitrogens with zero attached hydrogens (tertiary/aromatic N) is 2. The van der Waals surface area contributed by atoms with Crippen LogP contribution in [0.4, 0.5) is 11.6 Å². The molecule has 1 aromatic heterocycles. The molecule has 0 saturated heterocycles. The number of ether oxygens (including phenoxy) is 1. The molecule has 0 bridgehead atoms. The number of nitrogens with one attached hydrogen (secondary N) is 2. The smallest absolute Gasteiger partial charge is 0.312 e. The van der Waals surface area contributed by atoms with Gasteiger partial charge in [-0.1, -0.05) is 0 Å². The van der Waals surface area contributed by atoms with Crippen LogP contribution < -0.4 is 10.6 Å². The van der Waals surface area contributed by atoms with E-state index in [1.165, 1.54) is 4.68 Å². The van der Waals surface area contributed by atoms with Gasteiger partial charge in [-0.3, -0.25) is 4.79 Å². The highest BCUT2D eigenvalue weighted by Gasteiger charge is 2.37. The first-order valence-electron chi connectivity index (χ1n) is 6.72. The van der Waals surface area contributed by atoms with Crippen LogP contribution in [0.5, 0.6) is 0 Å². The first kappa shape index (κ1) is 15.6. The molecule has 0 radical (unpaired) electrons. The number of rotatable bonds is 4. The second-order valence-corrected chi connectivity index (χ2v) is 6.93. The molecule has 9 heteroatoms. The van der Waals surface area contributed by atoms with Crippen LogP contribution in [0.2, 0.25) is 0 Å². The first-order valence-corrected chi connectivity index (χ1v) is 8.61. The SMILES string of the molecule is CCOC(=O)C1CNc2c(S(C)(=O)=O)c(NC)nn2C1C. The third kappa shape index (κ3) is 2.69. The van der Waals surface area contributed by atoms with Gasteiger partial charge in [-0.25, -0.2) is 13.1 Å². The maximum absolute atomic E-state index is 11.9. The molecule has 2 atom stereocenters. The van der Waals surface area contributed by atoms with Gasteiger partial charge in [0.15, 0.2) is 20.6 Å². The van der Waals surface area contributed by atoms with Crippen molar-refractivity contribution in [2.24, 2.45) is 5.92 Å². The van der Waals surface area contributed by atoms with Crippen molar-refractivity contribution in [2.45, 2.75) is 24.8 Å². The van der Waals surface area contributed by atoms with Crippen LogP contribution in [-0.2, 0) is 19.4 Å². The third-order valence-corrected chi connectivity index (χ3v) is 4.65. The Bertz CT molecular complexity index is 652. The summed E-state index contributed by atoms with van der Waals surface area (Å²) in [5, 5.41) is 10.0. The van der Waals surface area contributed by atoms with Crippen LogP contribution in [0.15, 0.2) is 4.90 Å². The number of fused-ring (bicyclic) bond motifs is 1. The van der Waals surface area contributed by atoms with Gasteiger partial charge in [0, 0.05) is 19.8 Å². The zero-order valence-corrected chi connectivity index (χ0v) is 13.3. The van der Waals surface area contributed by atoms with Crippen molar-refractivity contribution in [1.29, 1.82) is 0 Å². The topological polar surface area (TPSA) is 102 Å². The first-order chi connectivity index (χ1) is 9.81. The van der Waals surface area contributed by atoms with Gasteiger partial charge in [0.25, 0.3) is 0 Å². The second kappa shape index (κ2) is 5.55. The van der Waals surface area contributed by atoms with Crippen molar-refractivity contribution in [3.05, 3.63) is 0 Å². The van der Waals surface area contributed by atoms with Crippen LogP contribution in [-0.4, -0.2) is 50.6 Å². The summed E-state index contributed by atoms with van der Waals surface area (Å²) < 4.78 is 30.5. The minimum Gasteiger partial charge on any atom is -0.466 e. The normalized spacial score (nSPS) is 21.3. The molecule has 2 heterocycles. The monoisotopic (exact) mass is 316 g/mol. The number of anilines is 2. The Morgan fingerprint density at radius 1 is 1.57 bits per heavy atom. The number of hydrogen-bond acceptors (Lipinski definition) is 7. The van der Waals surface area contributed by atoms with Gasteiger partial charge in [-0.05, 0) is 13.8 Å². The molecule has 2 unspecified atom stereocenters. The summed E-state index contributed by atoms with van der Waals surface area (Å²) in [6, 6.07) is -0.289. The van der Waals surface area contributed by atoms with Crippen LogP contribution in [0, 0.1) is 5.92 Å². The van der Waals surface area contributed by atoms with Crippen molar-refractivity contribution in [3.63, 3.8) is 0 Å². The van der Waals surface area contributed by atoms with Crippen LogP contribution in [0.1, 0.15) is 19.9 Å². The molecule has 0 aliphatic carbocycles. The van der Waals surface area contributed by atoms with E-state index in [-0.39, 0.29) is 22.7 Å². The summed E-state index contributed by atoms with van der Waals surface area (Å²) in [6.07, 6.45) is 1.13. The zero-order valence-electron chi connectivity index (χ0n) is 12.5. The molecule has 0 saturated carbocycles. The quantitative estimate of drug-likeness (QED) is 0.779. The molecule has 21 heavy (non-hydrogen) atoms. The number of esters is 1. The Morgan fingerprint density at radius 2 is 2.24 bits per heavy atom. The molecule has 118 valence electrons. The summed E-state index contributed by atoms with van der Waals surface area (Å²) in [6.45, 7) is 4.20. The maximum Gasteiger partial charge on any atom is 0.312 e. The molecule has 0 amide bonds. The number of hydrogen-bond donors (Lipinski definition) is 2. The minimum absolute atomic E-state index is 0.124. The summed E-state index contributed by atoms with van der Waals surface area (Å²) in [5.41, 5.74) is 0. The highest BCUT2D eigenvalue weighted by atomic mass is 32.2. The summed E-state index contributed by atoms with van der Waals surface area (Å²) >= 11 is 0. The number of carbonyl (C=O) groups excluding carboxylic acids is 1. The summed E-state index contributed by atoms with van der Waals surface area (Å²) in [5.74, 6) is -0.0358. The fourth-order valence-electron chi connectivity index (χ4n) is 2.47. The minimum atomic E-state index is -3.44. The highest BCUT2D eigenvalue weighted by molar-refractivity contribution is 7.91. The Morgan fingerprint density at radius 3 is 2.76 bits per heavy atom. The lowest BCUT2D eigenvalue weighted by Crippen LogP contribution is -2.37. The van der Waals surface area contributed by atoms with Gasteiger partial charge < -0.3 is 15.4 Å². The van der Waals surface area contributed by atoms with Gasteiger partial charge >= 0.3 is 5.97 Å². The van der Waals surface area contributed by atoms with Crippen molar-refractivity contribution in [1.82, 2.24) is 9.78 Å². The number of aromatic nitrogens is 2. The standard InChI is InChI=1S/C12H20N4O4S/c1-5-20-12(17)8-6-14-11-9(21(4,18)19)10(13-3)15-16(11)7(8)2/h7-8,14H,5-6H2,1-4H3,(H,13,15). The van der Waals surface area contributed by atoms with Crippen molar-refractivity contribution in [3.8, 4) is 0 Å². The van der Waals surface area contributed by atoms with E-state index in [2.05, 4.69) is 15.7 Å². The molecule has 1 aliphatic rings. The van der Waals surface area contributed by atoms with Gasteiger partial charge in [-0.2, -0.15) is 5.10 Å². The van der Waals surface area contributed by atoms with E-state index in [1.54, 1.807) is 14.0 Å². The zero-order chi connectivity index (χ0) is 15.8. The molecule has 0 aromatic carbocycles. The summed E-state index contributed by atoms with van der Waals surface area (Å²) in [7, 11) is -1.83. The Hall–Kier alpha value is -1.77. The van der Waals surface area contributed by atoms with E-state index < -0.39 is 15.8 Å². The fraction of sp³-hybridized carbons (Fsp3) is 0.667. The third-order valence-electron chi connectivity index (χ3n) is 3.52. The lowest BCUT2D eigenvalue weighted by atomic mass is 10.00. The van der Waals surface area contributed by atoms with Gasteiger partial charge in [0.05, 0.1) is 18.6 Å². The average Bonchev–Trinajstić information content (AvgIpc) is 2.78. The molecule has 0 fully saturated rings. The molecular weight excluding hydrogens is 296 g/mol. The van der Waals surface area contributed by atoms with Crippen LogP contribution in [0.3, 0.4) is 0 Å². The van der Waals surface area contributed by atoms with Crippen molar-refractivity contribution in [2.75, 3.05) is 37.1 Å². The maximum atomic E-state index is 11.9. The van der Waals surface area contributed by atoms with Crippen LogP contribution >= 0.6 is 0 Å². The molecule has 1 aliphatic heterocycles. The van der Waals surface area contributed by atoms with E-state index in [0.717, 1.165) is 6.26 Å². The highest BCUT2D eigenvalue weighted by Crippen LogP contribution is 2.37. The molecule has 8 nitrogen and oxygen atoms in total. The molecular formula is C12H20N4O4S. The van der Waals surface area contributed by atoms with Crippen molar-refractivity contribution >= 4 is 27.4 Å². The largest absolute Gasteiger partial charge is 0.466 e. The average molecular weight is 316 g/mol. The lowest BCUT2D eigenvalue weighted by Gasteiger charge is -2.29. The fourth-order valence-corrected chi connectivity index (χ4v) is 3.48. The van der Waals surface area contributed by atoms with E-state index in [0.29, 0.717) is 19.0 Å². The second-order valence-electron chi connectivity index (χ2n) is 4.97. The Labute approximate surface area is 123 Å². The predicted octanol–water partition coefficient (Wildman–Crippen LogP) is 0.494. The van der Waals surface area contributed by atoms with Crippen molar-refractivity contribution < 1.29 is 17.9 Å². The van der Waals surface area contributed by atoms with E-state index in [9.17, 15) is 13.2 Å². The number of carbonyl (C=O) groups is 1. The number of sulfone groups is 1. The Kier molecular flexibility index (Phi) is 4.13. The summed E-state index contributed by atoms with van der Waals surface area (Å²) in [4.78, 5) is 12.1. The van der Waals surface area contributed by atoms with E-state index in [1.807, 2.05) is 6.92 Å². The molecule has 0 spiro atoms. The predicted molar refractivity (Wildman–Crippen MR) is 78.2 cm³/mol. The molecule has 2 N–H and O–H groups in total. The van der Waals surface area contributed by atoms with E-state index in [4.69, 9.17) is 4.74 Å². The van der Waals surface area contributed by atoms with Gasteiger partial charge in [0.2, 0.25) is 0 Å². The lowest BCUT2D eigenvalue weighted by molar-refractivity contribution is -0.149. The molecule has 2 rings (SSSR count). The van der Waals surface area contributed by atoms with Crippen LogP contribution in [0.25, 0.3) is 0 Å². The van der Waals surface area contributed by atoms with Gasteiger partial charge in [0.1, 0.15) is 5.82 Å². The molecule has 1 aromatic rings. The van der Waals surface area contributed by atoms with E-state index >= 15 is 0 Å².